The van der Waals surface area contributed by atoms with Gasteiger partial charge in [0.05, 0.1) is 16.6 Å². The predicted octanol–water partition coefficient (Wildman–Crippen LogP) is 2.89. The van der Waals surface area contributed by atoms with Crippen molar-refractivity contribution in [2.24, 2.45) is 0 Å². The quantitative estimate of drug-likeness (QED) is 0.617. The van der Waals surface area contributed by atoms with Gasteiger partial charge in [-0.1, -0.05) is 6.92 Å². The maximum Gasteiger partial charge on any atom is 0.252 e. The molecule has 25 heavy (non-hydrogen) atoms. The molecule has 3 N–H and O–H groups in total. The molecule has 0 aliphatic carbocycles. The highest BCUT2D eigenvalue weighted by Crippen LogP contribution is 2.13. The highest BCUT2D eigenvalue weighted by Gasteiger charge is 2.06. The first-order valence-corrected chi connectivity index (χ1v) is 8.28. The molecule has 0 radical (unpaired) electrons. The van der Waals surface area contributed by atoms with E-state index in [1.54, 1.807) is 24.4 Å². The van der Waals surface area contributed by atoms with E-state index in [0.717, 1.165) is 17.8 Å². The Kier molecular flexibility index (Phi) is 5.23. The lowest BCUT2D eigenvalue weighted by Gasteiger charge is -2.06. The van der Waals surface area contributed by atoms with E-state index in [1.807, 2.05) is 6.92 Å². The normalized spacial score (nSPS) is 10.8. The number of hydrogen-bond acceptors (Lipinski definition) is 4. The van der Waals surface area contributed by atoms with Gasteiger partial charge in [-0.25, -0.2) is 14.4 Å². The Morgan fingerprint density at radius 2 is 2.12 bits per heavy atom. The van der Waals surface area contributed by atoms with Gasteiger partial charge in [0, 0.05) is 25.7 Å². The molecule has 0 saturated heterocycles. The Balaban J connectivity index is 1.53. The topological polar surface area (TPSA) is 82.7 Å². The van der Waals surface area contributed by atoms with Gasteiger partial charge in [0.1, 0.15) is 17.5 Å². The number of amides is 1. The van der Waals surface area contributed by atoms with Crippen molar-refractivity contribution in [3.63, 3.8) is 0 Å². The standard InChI is InChI=1S/C18H20FN5O/c1-2-8-21-18(25)12-3-6-16(22-11-12)20-9-7-17-23-14-5-4-13(19)10-15(14)24-17/h3-6,10-11H,2,7-9H2,1H3,(H,20,22)(H,21,25)(H,23,24). The van der Waals surface area contributed by atoms with E-state index in [-0.39, 0.29) is 11.7 Å². The molecule has 130 valence electrons. The van der Waals surface area contributed by atoms with Crippen LogP contribution >= 0.6 is 0 Å². The SMILES string of the molecule is CCCNC(=O)c1ccc(NCCc2nc3ccc(F)cc3[nH]2)nc1. The molecule has 2 aromatic heterocycles. The second-order valence-corrected chi connectivity index (χ2v) is 5.71. The second-order valence-electron chi connectivity index (χ2n) is 5.71. The zero-order chi connectivity index (χ0) is 17.6. The summed E-state index contributed by atoms with van der Waals surface area (Å²) in [6, 6.07) is 8.00. The number of benzene rings is 1. The van der Waals surface area contributed by atoms with Crippen LogP contribution in [0.4, 0.5) is 10.2 Å². The fourth-order valence-corrected chi connectivity index (χ4v) is 2.44. The molecule has 3 aromatic rings. The van der Waals surface area contributed by atoms with Gasteiger partial charge in [-0.05, 0) is 36.8 Å². The van der Waals surface area contributed by atoms with Gasteiger partial charge >= 0.3 is 0 Å². The maximum absolute atomic E-state index is 13.2. The summed E-state index contributed by atoms with van der Waals surface area (Å²) in [5.74, 6) is 1.07. The van der Waals surface area contributed by atoms with Gasteiger partial charge in [0.2, 0.25) is 0 Å². The van der Waals surface area contributed by atoms with Crippen LogP contribution in [0.1, 0.15) is 29.5 Å². The Hall–Kier alpha value is -2.96. The van der Waals surface area contributed by atoms with E-state index in [1.165, 1.54) is 12.1 Å². The molecule has 0 fully saturated rings. The zero-order valence-electron chi connectivity index (χ0n) is 14.0. The molecule has 0 atom stereocenters. The lowest BCUT2D eigenvalue weighted by molar-refractivity contribution is 0.0953. The molecule has 0 bridgehead atoms. The number of rotatable bonds is 7. The van der Waals surface area contributed by atoms with Gasteiger partial charge in [-0.15, -0.1) is 0 Å². The summed E-state index contributed by atoms with van der Waals surface area (Å²) >= 11 is 0. The van der Waals surface area contributed by atoms with Crippen molar-refractivity contribution in [1.29, 1.82) is 0 Å². The summed E-state index contributed by atoms with van der Waals surface area (Å²) in [5, 5.41) is 5.99. The summed E-state index contributed by atoms with van der Waals surface area (Å²) in [7, 11) is 0. The van der Waals surface area contributed by atoms with Crippen molar-refractivity contribution >= 4 is 22.8 Å². The summed E-state index contributed by atoms with van der Waals surface area (Å²) in [4.78, 5) is 23.6. The molecule has 0 aliphatic rings. The summed E-state index contributed by atoms with van der Waals surface area (Å²) in [6.45, 7) is 3.28. The first-order chi connectivity index (χ1) is 12.2. The molecule has 0 aliphatic heterocycles. The Bertz CT molecular complexity index is 860. The third-order valence-corrected chi connectivity index (χ3v) is 3.72. The van der Waals surface area contributed by atoms with Crippen molar-refractivity contribution in [3.05, 3.63) is 53.7 Å². The van der Waals surface area contributed by atoms with Crippen LogP contribution < -0.4 is 10.6 Å². The van der Waals surface area contributed by atoms with Gasteiger partial charge in [-0.2, -0.15) is 0 Å². The van der Waals surface area contributed by atoms with Crippen LogP contribution in [0.3, 0.4) is 0 Å². The maximum atomic E-state index is 13.2. The molecule has 1 amide bonds. The molecular formula is C18H20FN5O. The number of pyridine rings is 1. The Morgan fingerprint density at radius 3 is 2.88 bits per heavy atom. The molecule has 7 heteroatoms. The third kappa shape index (κ3) is 4.32. The van der Waals surface area contributed by atoms with Crippen LogP contribution in [-0.2, 0) is 6.42 Å². The van der Waals surface area contributed by atoms with Crippen molar-refractivity contribution in [2.45, 2.75) is 19.8 Å². The van der Waals surface area contributed by atoms with E-state index in [9.17, 15) is 9.18 Å². The number of imidazole rings is 1. The molecule has 6 nitrogen and oxygen atoms in total. The molecule has 0 unspecified atom stereocenters. The molecule has 2 heterocycles. The number of nitrogens with one attached hydrogen (secondary N) is 3. The minimum absolute atomic E-state index is 0.115. The average Bonchev–Trinajstić information content (AvgIpc) is 3.02. The number of carbonyl (C=O) groups excluding carboxylic acids is 1. The monoisotopic (exact) mass is 341 g/mol. The molecular weight excluding hydrogens is 321 g/mol. The predicted molar refractivity (Wildman–Crippen MR) is 95.1 cm³/mol. The van der Waals surface area contributed by atoms with E-state index in [0.29, 0.717) is 36.4 Å². The molecule has 0 spiro atoms. The fraction of sp³-hybridized carbons (Fsp3) is 0.278. The Labute approximate surface area is 144 Å². The summed E-state index contributed by atoms with van der Waals surface area (Å²) in [5.41, 5.74) is 1.98. The van der Waals surface area contributed by atoms with Gasteiger partial charge < -0.3 is 15.6 Å². The molecule has 1 aromatic carbocycles. The molecule has 3 rings (SSSR count). The highest BCUT2D eigenvalue weighted by atomic mass is 19.1. The number of nitrogens with zero attached hydrogens (tertiary/aromatic N) is 2. The third-order valence-electron chi connectivity index (χ3n) is 3.72. The van der Waals surface area contributed by atoms with Crippen molar-refractivity contribution in [1.82, 2.24) is 20.3 Å². The number of carbonyl (C=O) groups is 1. The second kappa shape index (κ2) is 7.74. The fourth-order valence-electron chi connectivity index (χ4n) is 2.44. The van der Waals surface area contributed by atoms with Crippen molar-refractivity contribution in [2.75, 3.05) is 18.4 Å². The minimum Gasteiger partial charge on any atom is -0.370 e. The zero-order valence-corrected chi connectivity index (χ0v) is 14.0. The first-order valence-electron chi connectivity index (χ1n) is 8.28. The Morgan fingerprint density at radius 1 is 1.24 bits per heavy atom. The number of hydrogen-bond donors (Lipinski definition) is 3. The van der Waals surface area contributed by atoms with E-state index < -0.39 is 0 Å². The number of aromatic nitrogens is 3. The number of aromatic amines is 1. The number of halogens is 1. The summed E-state index contributed by atoms with van der Waals surface area (Å²) < 4.78 is 13.2. The van der Waals surface area contributed by atoms with E-state index in [4.69, 9.17) is 0 Å². The minimum atomic E-state index is -0.284. The number of fused-ring (bicyclic) bond motifs is 1. The van der Waals surface area contributed by atoms with Crippen LogP contribution in [0.5, 0.6) is 0 Å². The first kappa shape index (κ1) is 16.9. The van der Waals surface area contributed by atoms with Gasteiger partial charge in [0.25, 0.3) is 5.91 Å². The average molecular weight is 341 g/mol. The van der Waals surface area contributed by atoms with E-state index in [2.05, 4.69) is 25.6 Å². The largest absolute Gasteiger partial charge is 0.370 e. The highest BCUT2D eigenvalue weighted by molar-refractivity contribution is 5.94. The van der Waals surface area contributed by atoms with Gasteiger partial charge in [-0.3, -0.25) is 4.79 Å². The lowest BCUT2D eigenvalue weighted by Crippen LogP contribution is -2.24. The van der Waals surface area contributed by atoms with Crippen LogP contribution in [0.15, 0.2) is 36.5 Å². The van der Waals surface area contributed by atoms with Crippen molar-refractivity contribution in [3.8, 4) is 0 Å². The smallest absolute Gasteiger partial charge is 0.252 e. The van der Waals surface area contributed by atoms with Crippen LogP contribution in [0.25, 0.3) is 11.0 Å². The lowest BCUT2D eigenvalue weighted by atomic mass is 10.2. The van der Waals surface area contributed by atoms with Crippen LogP contribution in [-0.4, -0.2) is 33.9 Å². The molecule has 0 saturated carbocycles. The van der Waals surface area contributed by atoms with Crippen LogP contribution in [0.2, 0.25) is 0 Å². The van der Waals surface area contributed by atoms with Gasteiger partial charge in [0.15, 0.2) is 0 Å². The van der Waals surface area contributed by atoms with E-state index >= 15 is 0 Å². The van der Waals surface area contributed by atoms with Crippen LogP contribution in [0, 0.1) is 5.82 Å². The summed E-state index contributed by atoms with van der Waals surface area (Å²) in [6.07, 6.45) is 3.10. The van der Waals surface area contributed by atoms with Crippen molar-refractivity contribution < 1.29 is 9.18 Å². The number of H-pyrrole nitrogens is 1. The number of anilines is 1.